The van der Waals surface area contributed by atoms with Gasteiger partial charge in [-0.05, 0) is 13.0 Å². The van der Waals surface area contributed by atoms with Crippen LogP contribution in [0.3, 0.4) is 0 Å². The van der Waals surface area contributed by atoms with Crippen LogP contribution in [0.1, 0.15) is 21.7 Å². The highest BCUT2D eigenvalue weighted by atomic mass is 16.6. The van der Waals surface area contributed by atoms with Crippen LogP contribution >= 0.6 is 0 Å². The van der Waals surface area contributed by atoms with Crippen LogP contribution in [-0.2, 0) is 11.3 Å². The van der Waals surface area contributed by atoms with E-state index in [-0.39, 0.29) is 17.9 Å². The van der Waals surface area contributed by atoms with Gasteiger partial charge in [0.2, 0.25) is 0 Å². The molecule has 0 atom stereocenters. The molecule has 3 aromatic rings. The predicted molar refractivity (Wildman–Crippen MR) is 88.9 cm³/mol. The smallest absolute Gasteiger partial charge is 0.344 e. The number of carbonyl (C=O) groups is 1. The minimum absolute atomic E-state index is 0.0966. The zero-order chi connectivity index (χ0) is 17.8. The summed E-state index contributed by atoms with van der Waals surface area (Å²) >= 11 is 0. The second kappa shape index (κ2) is 6.96. The number of para-hydroxylation sites is 1. The van der Waals surface area contributed by atoms with Gasteiger partial charge in [0.15, 0.2) is 0 Å². The predicted octanol–water partition coefficient (Wildman–Crippen LogP) is 3.92. The molecule has 0 aliphatic heterocycles. The fourth-order valence-corrected chi connectivity index (χ4v) is 2.43. The van der Waals surface area contributed by atoms with Crippen molar-refractivity contribution in [1.29, 1.82) is 0 Å². The number of carbonyl (C=O) groups excluding carboxylic acids is 1. The second-order valence-corrected chi connectivity index (χ2v) is 5.29. The summed E-state index contributed by atoms with van der Waals surface area (Å²) in [5, 5.41) is 15.0. The first kappa shape index (κ1) is 16.4. The Bertz CT molecular complexity index is 918. The van der Waals surface area contributed by atoms with Crippen LogP contribution in [0.5, 0.6) is 0 Å². The van der Waals surface area contributed by atoms with Gasteiger partial charge in [-0.2, -0.15) is 0 Å². The Balaban J connectivity index is 1.84. The molecule has 0 saturated heterocycles. The van der Waals surface area contributed by atoms with Gasteiger partial charge >= 0.3 is 5.97 Å². The first-order valence-corrected chi connectivity index (χ1v) is 7.49. The molecule has 0 unspecified atom stereocenters. The van der Waals surface area contributed by atoms with Crippen molar-refractivity contribution in [3.05, 3.63) is 81.6 Å². The summed E-state index contributed by atoms with van der Waals surface area (Å²) in [5.41, 5.74) is 1.53. The number of nitrogens with zero attached hydrogens (tertiary/aromatic N) is 2. The SMILES string of the molecule is Cc1onc(-c2ccccc2)c1C(=O)OCc1ccccc1[N+](=O)[O-]. The van der Waals surface area contributed by atoms with E-state index >= 15 is 0 Å². The lowest BCUT2D eigenvalue weighted by Gasteiger charge is -2.06. The van der Waals surface area contributed by atoms with E-state index < -0.39 is 10.9 Å². The number of aryl methyl sites for hydroxylation is 1. The molecule has 7 nitrogen and oxygen atoms in total. The Labute approximate surface area is 143 Å². The van der Waals surface area contributed by atoms with Gasteiger partial charge in [0.05, 0.1) is 10.5 Å². The molecule has 25 heavy (non-hydrogen) atoms. The molecule has 0 bridgehead atoms. The van der Waals surface area contributed by atoms with Gasteiger partial charge in [0.1, 0.15) is 23.6 Å². The van der Waals surface area contributed by atoms with Crippen molar-refractivity contribution in [3.63, 3.8) is 0 Å². The largest absolute Gasteiger partial charge is 0.457 e. The summed E-state index contributed by atoms with van der Waals surface area (Å²) in [7, 11) is 0. The van der Waals surface area contributed by atoms with E-state index in [9.17, 15) is 14.9 Å². The molecule has 2 aromatic carbocycles. The minimum Gasteiger partial charge on any atom is -0.457 e. The molecular formula is C18H14N2O5. The molecule has 1 aromatic heterocycles. The monoisotopic (exact) mass is 338 g/mol. The summed E-state index contributed by atoms with van der Waals surface area (Å²) in [6.07, 6.45) is 0. The molecule has 3 rings (SSSR count). The van der Waals surface area contributed by atoms with Gasteiger partial charge in [-0.3, -0.25) is 10.1 Å². The van der Waals surface area contributed by atoms with Crippen molar-refractivity contribution < 1.29 is 19.0 Å². The Kier molecular flexibility index (Phi) is 4.56. The summed E-state index contributed by atoms with van der Waals surface area (Å²) in [4.78, 5) is 23.0. The highest BCUT2D eigenvalue weighted by Gasteiger charge is 2.24. The van der Waals surface area contributed by atoms with Crippen molar-refractivity contribution in [2.75, 3.05) is 0 Å². The molecule has 0 aliphatic rings. The number of benzene rings is 2. The summed E-state index contributed by atoms with van der Waals surface area (Å²) in [6, 6.07) is 15.2. The zero-order valence-electron chi connectivity index (χ0n) is 13.3. The molecular weight excluding hydrogens is 324 g/mol. The zero-order valence-corrected chi connectivity index (χ0v) is 13.3. The van der Waals surface area contributed by atoms with Crippen LogP contribution < -0.4 is 0 Å². The number of ether oxygens (including phenoxy) is 1. The lowest BCUT2D eigenvalue weighted by molar-refractivity contribution is -0.385. The quantitative estimate of drug-likeness (QED) is 0.397. The van der Waals surface area contributed by atoms with Crippen LogP contribution in [0, 0.1) is 17.0 Å². The molecule has 7 heteroatoms. The lowest BCUT2D eigenvalue weighted by Crippen LogP contribution is -2.08. The summed E-state index contributed by atoms with van der Waals surface area (Å²) in [5.74, 6) is -0.317. The maximum atomic E-state index is 12.5. The van der Waals surface area contributed by atoms with Crippen LogP contribution in [0.25, 0.3) is 11.3 Å². The molecule has 1 heterocycles. The molecule has 0 radical (unpaired) electrons. The number of hydrogen-bond acceptors (Lipinski definition) is 6. The Hall–Kier alpha value is -3.48. The average molecular weight is 338 g/mol. The fraction of sp³-hybridized carbons (Fsp3) is 0.111. The third kappa shape index (κ3) is 3.40. The topological polar surface area (TPSA) is 95.5 Å². The number of hydrogen-bond donors (Lipinski definition) is 0. The number of aromatic nitrogens is 1. The van der Waals surface area contributed by atoms with Crippen LogP contribution in [0.2, 0.25) is 0 Å². The van der Waals surface area contributed by atoms with E-state index in [2.05, 4.69) is 5.16 Å². The van der Waals surface area contributed by atoms with Crippen LogP contribution in [-0.4, -0.2) is 16.0 Å². The van der Waals surface area contributed by atoms with Crippen molar-refractivity contribution in [3.8, 4) is 11.3 Å². The van der Waals surface area contributed by atoms with Gasteiger partial charge in [0, 0.05) is 11.6 Å². The van der Waals surface area contributed by atoms with E-state index in [1.54, 1.807) is 37.3 Å². The van der Waals surface area contributed by atoms with Crippen LogP contribution in [0.4, 0.5) is 5.69 Å². The van der Waals surface area contributed by atoms with Crippen molar-refractivity contribution in [2.24, 2.45) is 0 Å². The standard InChI is InChI=1S/C18H14N2O5/c1-12-16(17(19-25-12)13-7-3-2-4-8-13)18(21)24-11-14-9-5-6-10-15(14)20(22)23/h2-10H,11H2,1H3. The average Bonchev–Trinajstić information content (AvgIpc) is 3.02. The molecule has 0 amide bonds. The molecule has 0 saturated carbocycles. The van der Waals surface area contributed by atoms with E-state index in [1.807, 2.05) is 18.2 Å². The van der Waals surface area contributed by atoms with Gasteiger partial charge in [-0.1, -0.05) is 47.6 Å². The Morgan fingerprint density at radius 3 is 2.56 bits per heavy atom. The summed E-state index contributed by atoms with van der Waals surface area (Å²) in [6.45, 7) is 1.40. The Morgan fingerprint density at radius 2 is 1.84 bits per heavy atom. The van der Waals surface area contributed by atoms with E-state index in [4.69, 9.17) is 9.26 Å². The fourth-order valence-electron chi connectivity index (χ4n) is 2.43. The van der Waals surface area contributed by atoms with Gasteiger partial charge in [-0.15, -0.1) is 0 Å². The van der Waals surface area contributed by atoms with Crippen LogP contribution in [0.15, 0.2) is 59.1 Å². The highest BCUT2D eigenvalue weighted by molar-refractivity contribution is 5.97. The normalized spacial score (nSPS) is 10.4. The maximum absolute atomic E-state index is 12.5. The van der Waals surface area contributed by atoms with E-state index in [1.165, 1.54) is 6.07 Å². The van der Waals surface area contributed by atoms with Crippen molar-refractivity contribution in [1.82, 2.24) is 5.16 Å². The summed E-state index contributed by atoms with van der Waals surface area (Å²) < 4.78 is 10.4. The minimum atomic E-state index is -0.643. The first-order valence-electron chi connectivity index (χ1n) is 7.49. The van der Waals surface area contributed by atoms with Crippen molar-refractivity contribution in [2.45, 2.75) is 13.5 Å². The third-order valence-corrected chi connectivity index (χ3v) is 3.66. The Morgan fingerprint density at radius 1 is 1.16 bits per heavy atom. The maximum Gasteiger partial charge on any atom is 0.344 e. The number of rotatable bonds is 5. The lowest BCUT2D eigenvalue weighted by atomic mass is 10.1. The molecule has 0 aliphatic carbocycles. The van der Waals surface area contributed by atoms with E-state index in [0.717, 1.165) is 5.56 Å². The molecule has 0 spiro atoms. The molecule has 0 fully saturated rings. The highest BCUT2D eigenvalue weighted by Crippen LogP contribution is 2.26. The number of nitro benzene ring substituents is 1. The molecule has 0 N–H and O–H groups in total. The molecule has 126 valence electrons. The number of esters is 1. The van der Waals surface area contributed by atoms with Gasteiger partial charge in [-0.25, -0.2) is 4.79 Å². The van der Waals surface area contributed by atoms with Gasteiger partial charge in [0.25, 0.3) is 5.69 Å². The van der Waals surface area contributed by atoms with Gasteiger partial charge < -0.3 is 9.26 Å². The number of nitro groups is 1. The van der Waals surface area contributed by atoms with Crippen molar-refractivity contribution >= 4 is 11.7 Å². The second-order valence-electron chi connectivity index (χ2n) is 5.29. The van der Waals surface area contributed by atoms with E-state index in [0.29, 0.717) is 17.0 Å². The third-order valence-electron chi connectivity index (χ3n) is 3.66. The first-order chi connectivity index (χ1) is 12.1.